The fourth-order valence-corrected chi connectivity index (χ4v) is 3.10. The van der Waals surface area contributed by atoms with Crippen LogP contribution in [0.25, 0.3) is 0 Å². The number of amides is 3. The Labute approximate surface area is 146 Å². The van der Waals surface area contributed by atoms with Crippen LogP contribution in [0.4, 0.5) is 13.6 Å². The lowest BCUT2D eigenvalue weighted by molar-refractivity contribution is -0.120. The lowest BCUT2D eigenvalue weighted by Crippen LogP contribution is -2.53. The molecule has 3 N–H and O–H groups in total. The molecule has 138 valence electrons. The number of likely N-dealkylation sites (tertiary alicyclic amines) is 1. The number of piperidine rings is 1. The molecule has 1 aliphatic heterocycles. The number of carbonyl (C=O) groups excluding carboxylic acids is 2. The molecule has 1 unspecified atom stereocenters. The Morgan fingerprint density at radius 3 is 2.32 bits per heavy atom. The first-order valence-electron chi connectivity index (χ1n) is 8.45. The summed E-state index contributed by atoms with van der Waals surface area (Å²) in [5.41, 5.74) is 4.71. The third kappa shape index (κ3) is 5.69. The summed E-state index contributed by atoms with van der Waals surface area (Å²) in [6, 6.07) is 4.95. The summed E-state index contributed by atoms with van der Waals surface area (Å²) < 4.78 is 26.8. The maximum atomic E-state index is 13.8. The van der Waals surface area contributed by atoms with Crippen molar-refractivity contribution in [2.24, 2.45) is 5.73 Å². The second kappa shape index (κ2) is 7.80. The van der Waals surface area contributed by atoms with Crippen LogP contribution in [0.3, 0.4) is 0 Å². The standard InChI is InChI=1S/C18H25F2N3O2/c1-18(2,20)11-15(16(21)24)22-17(25)23-9-7-13(8-10-23)12-3-5-14(19)6-4-12/h3-6,13,15H,7-11H2,1-2H3,(H2,21,24)(H,22,25). The van der Waals surface area contributed by atoms with Crippen LogP contribution in [0.15, 0.2) is 24.3 Å². The van der Waals surface area contributed by atoms with E-state index in [0.29, 0.717) is 13.1 Å². The number of hydrogen-bond donors (Lipinski definition) is 2. The quantitative estimate of drug-likeness (QED) is 0.854. The molecule has 1 saturated heterocycles. The summed E-state index contributed by atoms with van der Waals surface area (Å²) in [4.78, 5) is 25.4. The number of alkyl halides is 1. The Bertz CT molecular complexity index is 606. The Balaban J connectivity index is 1.89. The molecule has 1 aromatic carbocycles. The first kappa shape index (κ1) is 19.1. The van der Waals surface area contributed by atoms with E-state index in [0.717, 1.165) is 18.4 Å². The molecule has 25 heavy (non-hydrogen) atoms. The monoisotopic (exact) mass is 353 g/mol. The second-order valence-corrected chi connectivity index (χ2v) is 7.14. The van der Waals surface area contributed by atoms with Crippen molar-refractivity contribution in [1.82, 2.24) is 10.2 Å². The largest absolute Gasteiger partial charge is 0.368 e. The number of nitrogens with one attached hydrogen (secondary N) is 1. The maximum Gasteiger partial charge on any atom is 0.318 e. The van der Waals surface area contributed by atoms with Gasteiger partial charge in [0.25, 0.3) is 0 Å². The van der Waals surface area contributed by atoms with Gasteiger partial charge in [-0.1, -0.05) is 12.1 Å². The summed E-state index contributed by atoms with van der Waals surface area (Å²) in [6.07, 6.45) is 1.32. The SMILES string of the molecule is CC(C)(F)CC(NC(=O)N1CCC(c2ccc(F)cc2)CC1)C(N)=O. The average Bonchev–Trinajstić information content (AvgIpc) is 2.53. The number of urea groups is 1. The van der Waals surface area contributed by atoms with Gasteiger partial charge in [0.15, 0.2) is 0 Å². The van der Waals surface area contributed by atoms with Gasteiger partial charge in [0.2, 0.25) is 5.91 Å². The highest BCUT2D eigenvalue weighted by Gasteiger charge is 2.30. The molecule has 1 heterocycles. The molecule has 1 atom stereocenters. The molecule has 5 nitrogen and oxygen atoms in total. The van der Waals surface area contributed by atoms with Crippen molar-refractivity contribution in [2.45, 2.75) is 50.7 Å². The molecule has 0 aromatic heterocycles. The van der Waals surface area contributed by atoms with E-state index in [9.17, 15) is 18.4 Å². The highest BCUT2D eigenvalue weighted by Crippen LogP contribution is 2.28. The summed E-state index contributed by atoms with van der Waals surface area (Å²) in [5.74, 6) is -0.754. The third-order valence-electron chi connectivity index (χ3n) is 4.45. The fourth-order valence-electron chi connectivity index (χ4n) is 3.10. The van der Waals surface area contributed by atoms with Crippen LogP contribution < -0.4 is 11.1 Å². The minimum absolute atomic E-state index is 0.167. The van der Waals surface area contributed by atoms with Gasteiger partial charge in [0, 0.05) is 19.5 Å². The minimum atomic E-state index is -1.61. The molecule has 2 rings (SSSR count). The van der Waals surface area contributed by atoms with Gasteiger partial charge in [0.05, 0.1) is 0 Å². The molecule has 0 bridgehead atoms. The number of rotatable bonds is 5. The van der Waals surface area contributed by atoms with Gasteiger partial charge in [-0.05, 0) is 50.3 Å². The highest BCUT2D eigenvalue weighted by molar-refractivity contribution is 5.86. The summed E-state index contributed by atoms with van der Waals surface area (Å²) in [5, 5.41) is 2.53. The minimum Gasteiger partial charge on any atom is -0.368 e. The molecule has 0 spiro atoms. The van der Waals surface area contributed by atoms with Crippen LogP contribution >= 0.6 is 0 Å². The van der Waals surface area contributed by atoms with E-state index >= 15 is 0 Å². The summed E-state index contributed by atoms with van der Waals surface area (Å²) in [7, 11) is 0. The normalized spacial score (nSPS) is 17.2. The molecule has 0 aliphatic carbocycles. The van der Waals surface area contributed by atoms with Gasteiger partial charge >= 0.3 is 6.03 Å². The van der Waals surface area contributed by atoms with E-state index < -0.39 is 23.6 Å². The average molecular weight is 353 g/mol. The maximum absolute atomic E-state index is 13.8. The van der Waals surface area contributed by atoms with Crippen molar-refractivity contribution in [3.63, 3.8) is 0 Å². The van der Waals surface area contributed by atoms with Gasteiger partial charge in [-0.2, -0.15) is 0 Å². The van der Waals surface area contributed by atoms with Gasteiger partial charge in [-0.3, -0.25) is 4.79 Å². The predicted octanol–water partition coefficient (Wildman–Crippen LogP) is 2.71. The van der Waals surface area contributed by atoms with Gasteiger partial charge in [-0.15, -0.1) is 0 Å². The second-order valence-electron chi connectivity index (χ2n) is 7.14. The van der Waals surface area contributed by atoms with Crippen molar-refractivity contribution >= 4 is 11.9 Å². The topological polar surface area (TPSA) is 75.4 Å². The molecular formula is C18H25F2N3O2. The van der Waals surface area contributed by atoms with E-state index in [1.54, 1.807) is 17.0 Å². The number of nitrogens with zero attached hydrogens (tertiary/aromatic N) is 1. The van der Waals surface area contributed by atoms with Crippen molar-refractivity contribution < 1.29 is 18.4 Å². The molecule has 1 fully saturated rings. The van der Waals surface area contributed by atoms with Crippen LogP contribution in [0, 0.1) is 5.82 Å². The lowest BCUT2D eigenvalue weighted by Gasteiger charge is -2.33. The first-order chi connectivity index (χ1) is 11.7. The number of nitrogens with two attached hydrogens (primary N) is 1. The van der Waals surface area contributed by atoms with Crippen LogP contribution in [-0.2, 0) is 4.79 Å². The van der Waals surface area contributed by atoms with Crippen molar-refractivity contribution in [3.8, 4) is 0 Å². The van der Waals surface area contributed by atoms with Crippen molar-refractivity contribution in [1.29, 1.82) is 0 Å². The van der Waals surface area contributed by atoms with E-state index in [1.165, 1.54) is 26.0 Å². The Morgan fingerprint density at radius 2 is 1.84 bits per heavy atom. The molecule has 1 aromatic rings. The summed E-state index contributed by atoms with van der Waals surface area (Å²) in [6.45, 7) is 3.70. The predicted molar refractivity (Wildman–Crippen MR) is 91.3 cm³/mol. The zero-order chi connectivity index (χ0) is 18.6. The third-order valence-corrected chi connectivity index (χ3v) is 4.45. The van der Waals surface area contributed by atoms with Crippen molar-refractivity contribution in [2.75, 3.05) is 13.1 Å². The van der Waals surface area contributed by atoms with Gasteiger partial charge < -0.3 is 16.0 Å². The smallest absolute Gasteiger partial charge is 0.318 e. The fraction of sp³-hybridized carbons (Fsp3) is 0.556. The Morgan fingerprint density at radius 1 is 1.28 bits per heavy atom. The van der Waals surface area contributed by atoms with E-state index in [-0.39, 0.29) is 18.2 Å². The number of carbonyl (C=O) groups is 2. The molecular weight excluding hydrogens is 328 g/mol. The number of halogens is 2. The van der Waals surface area contributed by atoms with Crippen LogP contribution in [0.2, 0.25) is 0 Å². The zero-order valence-electron chi connectivity index (χ0n) is 14.6. The highest BCUT2D eigenvalue weighted by atomic mass is 19.1. The van der Waals surface area contributed by atoms with Crippen LogP contribution in [0.1, 0.15) is 44.6 Å². The van der Waals surface area contributed by atoms with E-state index in [2.05, 4.69) is 5.32 Å². The van der Waals surface area contributed by atoms with Crippen molar-refractivity contribution in [3.05, 3.63) is 35.6 Å². The van der Waals surface area contributed by atoms with Gasteiger partial charge in [-0.25, -0.2) is 13.6 Å². The molecule has 7 heteroatoms. The summed E-state index contributed by atoms with van der Waals surface area (Å²) >= 11 is 0. The lowest BCUT2D eigenvalue weighted by atomic mass is 9.89. The van der Waals surface area contributed by atoms with E-state index in [4.69, 9.17) is 5.73 Å². The number of primary amides is 1. The Hall–Kier alpha value is -2.18. The zero-order valence-corrected chi connectivity index (χ0v) is 14.6. The molecule has 0 saturated carbocycles. The first-order valence-corrected chi connectivity index (χ1v) is 8.45. The number of hydrogen-bond acceptors (Lipinski definition) is 2. The molecule has 0 radical (unpaired) electrons. The van der Waals surface area contributed by atoms with Gasteiger partial charge in [0.1, 0.15) is 17.5 Å². The van der Waals surface area contributed by atoms with Crippen LogP contribution in [-0.4, -0.2) is 41.6 Å². The molecule has 3 amide bonds. The Kier molecular flexibility index (Phi) is 5.98. The molecule has 1 aliphatic rings. The van der Waals surface area contributed by atoms with E-state index in [1.807, 2.05) is 0 Å². The number of benzene rings is 1. The van der Waals surface area contributed by atoms with Crippen LogP contribution in [0.5, 0.6) is 0 Å².